The normalized spacial score (nSPS) is 11.9. The SMILES string of the molecule is CCC(C)(C)c1ccc2ccccc2c1-c1cc(C)c(C)cn1. The second kappa shape index (κ2) is 5.81. The molecule has 118 valence electrons. The van der Waals surface area contributed by atoms with Crippen LogP contribution in [0, 0.1) is 13.8 Å². The highest BCUT2D eigenvalue weighted by atomic mass is 14.7. The summed E-state index contributed by atoms with van der Waals surface area (Å²) in [6, 6.07) is 15.4. The molecule has 2 aromatic carbocycles. The molecular weight excluding hydrogens is 278 g/mol. The zero-order valence-electron chi connectivity index (χ0n) is 14.8. The fourth-order valence-corrected chi connectivity index (χ4v) is 3.06. The molecule has 0 bridgehead atoms. The maximum Gasteiger partial charge on any atom is 0.0714 e. The smallest absolute Gasteiger partial charge is 0.0714 e. The third-order valence-corrected chi connectivity index (χ3v) is 5.17. The first-order chi connectivity index (χ1) is 10.9. The Morgan fingerprint density at radius 1 is 0.957 bits per heavy atom. The molecule has 0 radical (unpaired) electrons. The van der Waals surface area contributed by atoms with Gasteiger partial charge >= 0.3 is 0 Å². The Morgan fingerprint density at radius 2 is 1.70 bits per heavy atom. The van der Waals surface area contributed by atoms with Crippen molar-refractivity contribution in [1.82, 2.24) is 4.98 Å². The average molecular weight is 303 g/mol. The van der Waals surface area contributed by atoms with Crippen LogP contribution < -0.4 is 0 Å². The van der Waals surface area contributed by atoms with Gasteiger partial charge in [0.1, 0.15) is 0 Å². The van der Waals surface area contributed by atoms with E-state index in [-0.39, 0.29) is 5.41 Å². The Balaban J connectivity index is 2.39. The van der Waals surface area contributed by atoms with Crippen molar-refractivity contribution in [3.63, 3.8) is 0 Å². The molecule has 0 saturated carbocycles. The molecule has 0 amide bonds. The molecule has 0 saturated heterocycles. The van der Waals surface area contributed by atoms with Crippen molar-refractivity contribution in [2.75, 3.05) is 0 Å². The number of rotatable bonds is 3. The van der Waals surface area contributed by atoms with Crippen LogP contribution in [0.1, 0.15) is 43.9 Å². The van der Waals surface area contributed by atoms with Crippen molar-refractivity contribution in [3.05, 3.63) is 65.4 Å². The second-order valence-electron chi connectivity index (χ2n) is 7.10. The summed E-state index contributed by atoms with van der Waals surface area (Å²) in [5, 5.41) is 2.57. The first kappa shape index (κ1) is 15.7. The van der Waals surface area contributed by atoms with Gasteiger partial charge in [0.15, 0.2) is 0 Å². The van der Waals surface area contributed by atoms with Crippen molar-refractivity contribution in [1.29, 1.82) is 0 Å². The highest BCUT2D eigenvalue weighted by molar-refractivity contribution is 5.98. The summed E-state index contributed by atoms with van der Waals surface area (Å²) in [5.41, 5.74) is 6.42. The molecule has 0 aliphatic rings. The van der Waals surface area contributed by atoms with Gasteiger partial charge in [0.25, 0.3) is 0 Å². The number of pyridine rings is 1. The molecule has 0 fully saturated rings. The zero-order chi connectivity index (χ0) is 16.6. The Hall–Kier alpha value is -2.15. The van der Waals surface area contributed by atoms with Gasteiger partial charge in [-0.1, -0.05) is 57.2 Å². The van der Waals surface area contributed by atoms with Gasteiger partial charge in [-0.2, -0.15) is 0 Å². The minimum Gasteiger partial charge on any atom is -0.256 e. The molecule has 1 heteroatoms. The molecule has 0 aliphatic heterocycles. The molecule has 0 unspecified atom stereocenters. The first-order valence-corrected chi connectivity index (χ1v) is 8.40. The van der Waals surface area contributed by atoms with Gasteiger partial charge in [-0.3, -0.25) is 4.98 Å². The third kappa shape index (κ3) is 2.76. The van der Waals surface area contributed by atoms with Crippen molar-refractivity contribution >= 4 is 10.8 Å². The Morgan fingerprint density at radius 3 is 2.39 bits per heavy atom. The van der Waals surface area contributed by atoms with Crippen LogP contribution in [0.3, 0.4) is 0 Å². The molecule has 23 heavy (non-hydrogen) atoms. The van der Waals surface area contributed by atoms with E-state index in [9.17, 15) is 0 Å². The van der Waals surface area contributed by atoms with Crippen LogP contribution in [-0.4, -0.2) is 4.98 Å². The Bertz CT molecular complexity index is 859. The fourth-order valence-electron chi connectivity index (χ4n) is 3.06. The molecule has 1 heterocycles. The van der Waals surface area contributed by atoms with E-state index >= 15 is 0 Å². The minimum atomic E-state index is 0.125. The number of hydrogen-bond donors (Lipinski definition) is 0. The van der Waals surface area contributed by atoms with Crippen molar-refractivity contribution in [2.24, 2.45) is 0 Å². The number of hydrogen-bond acceptors (Lipinski definition) is 1. The fraction of sp³-hybridized carbons (Fsp3) is 0.318. The topological polar surface area (TPSA) is 12.9 Å². The van der Waals surface area contributed by atoms with E-state index in [0.717, 1.165) is 12.1 Å². The van der Waals surface area contributed by atoms with Gasteiger partial charge in [0.2, 0.25) is 0 Å². The maximum atomic E-state index is 4.77. The largest absolute Gasteiger partial charge is 0.256 e. The summed E-state index contributed by atoms with van der Waals surface area (Å²) >= 11 is 0. The predicted octanol–water partition coefficient (Wildman–Crippen LogP) is 6.21. The summed E-state index contributed by atoms with van der Waals surface area (Å²) in [7, 11) is 0. The predicted molar refractivity (Wildman–Crippen MR) is 100.0 cm³/mol. The van der Waals surface area contributed by atoms with Crippen molar-refractivity contribution < 1.29 is 0 Å². The maximum absolute atomic E-state index is 4.77. The highest BCUT2D eigenvalue weighted by Crippen LogP contribution is 2.39. The summed E-state index contributed by atoms with van der Waals surface area (Å²) in [6.45, 7) is 11.2. The number of aryl methyl sites for hydroxylation is 2. The Kier molecular flexibility index (Phi) is 3.97. The molecule has 1 nitrogen and oxygen atoms in total. The minimum absolute atomic E-state index is 0.125. The summed E-state index contributed by atoms with van der Waals surface area (Å²) in [6.07, 6.45) is 3.10. The average Bonchev–Trinajstić information content (AvgIpc) is 2.56. The van der Waals surface area contributed by atoms with Crippen LogP contribution in [0.15, 0.2) is 48.7 Å². The quantitative estimate of drug-likeness (QED) is 0.561. The molecule has 0 N–H and O–H groups in total. The summed E-state index contributed by atoms with van der Waals surface area (Å²) in [5.74, 6) is 0. The number of fused-ring (bicyclic) bond motifs is 1. The second-order valence-corrected chi connectivity index (χ2v) is 7.10. The Labute approximate surface area is 139 Å². The van der Waals surface area contributed by atoms with E-state index in [0.29, 0.717) is 0 Å². The number of aromatic nitrogens is 1. The zero-order valence-corrected chi connectivity index (χ0v) is 14.8. The standard InChI is InChI=1S/C22H25N/c1-6-22(4,5)19-12-11-17-9-7-8-10-18(17)21(19)20-13-15(2)16(3)14-23-20/h7-14H,6H2,1-5H3. The molecule has 0 aliphatic carbocycles. The van der Waals surface area contributed by atoms with Gasteiger partial charge in [-0.05, 0) is 59.2 Å². The van der Waals surface area contributed by atoms with Crippen LogP contribution in [0.4, 0.5) is 0 Å². The molecular formula is C22H25N. The number of benzene rings is 2. The highest BCUT2D eigenvalue weighted by Gasteiger charge is 2.24. The van der Waals surface area contributed by atoms with Crippen LogP contribution in [-0.2, 0) is 5.41 Å². The lowest BCUT2D eigenvalue weighted by atomic mass is 9.77. The lowest BCUT2D eigenvalue weighted by molar-refractivity contribution is 0.508. The lowest BCUT2D eigenvalue weighted by Crippen LogP contribution is -2.17. The van der Waals surface area contributed by atoms with Gasteiger partial charge in [-0.25, -0.2) is 0 Å². The van der Waals surface area contributed by atoms with Gasteiger partial charge < -0.3 is 0 Å². The van der Waals surface area contributed by atoms with E-state index in [1.807, 2.05) is 6.20 Å². The van der Waals surface area contributed by atoms with E-state index in [1.54, 1.807) is 0 Å². The first-order valence-electron chi connectivity index (χ1n) is 8.40. The van der Waals surface area contributed by atoms with Gasteiger partial charge in [0, 0.05) is 11.8 Å². The van der Waals surface area contributed by atoms with Crippen LogP contribution in [0.5, 0.6) is 0 Å². The molecule has 0 spiro atoms. The summed E-state index contributed by atoms with van der Waals surface area (Å²) in [4.78, 5) is 4.77. The van der Waals surface area contributed by atoms with E-state index in [4.69, 9.17) is 4.98 Å². The molecule has 1 aromatic heterocycles. The van der Waals surface area contributed by atoms with E-state index in [2.05, 4.69) is 77.1 Å². The van der Waals surface area contributed by atoms with E-state index < -0.39 is 0 Å². The monoisotopic (exact) mass is 303 g/mol. The third-order valence-electron chi connectivity index (χ3n) is 5.17. The number of nitrogens with zero attached hydrogens (tertiary/aromatic N) is 1. The van der Waals surface area contributed by atoms with E-state index in [1.165, 1.54) is 33.0 Å². The van der Waals surface area contributed by atoms with Crippen molar-refractivity contribution in [2.45, 2.75) is 46.5 Å². The summed E-state index contributed by atoms with van der Waals surface area (Å²) < 4.78 is 0. The van der Waals surface area contributed by atoms with Crippen molar-refractivity contribution in [3.8, 4) is 11.3 Å². The van der Waals surface area contributed by atoms with Crippen LogP contribution >= 0.6 is 0 Å². The van der Waals surface area contributed by atoms with Gasteiger partial charge in [0.05, 0.1) is 5.69 Å². The van der Waals surface area contributed by atoms with Crippen LogP contribution in [0.2, 0.25) is 0 Å². The lowest BCUT2D eigenvalue weighted by Gasteiger charge is -2.27. The van der Waals surface area contributed by atoms with Crippen LogP contribution in [0.25, 0.3) is 22.0 Å². The molecule has 3 rings (SSSR count). The van der Waals surface area contributed by atoms with Gasteiger partial charge in [-0.15, -0.1) is 0 Å². The molecule has 3 aromatic rings. The molecule has 0 atom stereocenters.